The Bertz CT molecular complexity index is 790. The summed E-state index contributed by atoms with van der Waals surface area (Å²) in [5, 5.41) is 0. The minimum Gasteiger partial charge on any atom is -0.268 e. The first-order valence-corrected chi connectivity index (χ1v) is 7.57. The smallest absolute Gasteiger partial charge is 0.268 e. The van der Waals surface area contributed by atoms with Gasteiger partial charge in [-0.3, -0.25) is 9.69 Å². The number of halogens is 2. The maximum atomic E-state index is 13.2. The Labute approximate surface area is 135 Å². The number of amides is 1. The highest BCUT2D eigenvalue weighted by Crippen LogP contribution is 2.35. The molecular weight excluding hydrogens is 324 g/mol. The molecule has 6 heteroatoms. The summed E-state index contributed by atoms with van der Waals surface area (Å²) >= 11 is 6.37. The van der Waals surface area contributed by atoms with Crippen LogP contribution in [0.3, 0.4) is 0 Å². The van der Waals surface area contributed by atoms with Gasteiger partial charge in [0.15, 0.2) is 16.0 Å². The molecule has 0 radical (unpaired) electrons. The molecule has 0 spiro atoms. The molecule has 1 heterocycles. The molecule has 1 fully saturated rings. The molecule has 2 aromatic rings. The first kappa shape index (κ1) is 14.9. The van der Waals surface area contributed by atoms with E-state index in [-0.39, 0.29) is 5.91 Å². The van der Waals surface area contributed by atoms with Crippen LogP contribution in [0, 0.1) is 11.6 Å². The summed E-state index contributed by atoms with van der Waals surface area (Å²) in [5.74, 6) is -2.15. The maximum absolute atomic E-state index is 13.2. The van der Waals surface area contributed by atoms with E-state index in [2.05, 4.69) is 0 Å². The van der Waals surface area contributed by atoms with Gasteiger partial charge in [0.25, 0.3) is 5.91 Å². The zero-order valence-electron chi connectivity index (χ0n) is 11.1. The van der Waals surface area contributed by atoms with Gasteiger partial charge in [0.05, 0.1) is 10.6 Å². The van der Waals surface area contributed by atoms with Crippen LogP contribution in [0.15, 0.2) is 53.4 Å². The van der Waals surface area contributed by atoms with Crippen LogP contribution in [0.5, 0.6) is 0 Å². The second kappa shape index (κ2) is 5.98. The molecule has 0 atom stereocenters. The molecule has 2 aromatic carbocycles. The monoisotopic (exact) mass is 333 g/mol. The molecule has 0 aromatic heterocycles. The van der Waals surface area contributed by atoms with E-state index < -0.39 is 11.6 Å². The molecule has 1 amide bonds. The third-order valence-electron chi connectivity index (χ3n) is 3.05. The molecule has 0 unspecified atom stereocenters. The number of carbonyl (C=O) groups excluding carboxylic acids is 1. The van der Waals surface area contributed by atoms with E-state index in [0.717, 1.165) is 23.9 Å². The van der Waals surface area contributed by atoms with Crippen molar-refractivity contribution in [2.75, 3.05) is 4.90 Å². The minimum atomic E-state index is -0.952. The van der Waals surface area contributed by atoms with Gasteiger partial charge in [0.2, 0.25) is 0 Å². The van der Waals surface area contributed by atoms with E-state index in [1.54, 1.807) is 12.1 Å². The van der Waals surface area contributed by atoms with Gasteiger partial charge >= 0.3 is 0 Å². The average Bonchev–Trinajstić information content (AvgIpc) is 2.78. The van der Waals surface area contributed by atoms with Crippen LogP contribution < -0.4 is 4.90 Å². The molecule has 3 rings (SSSR count). The fourth-order valence-corrected chi connectivity index (χ4v) is 3.32. The third-order valence-corrected chi connectivity index (χ3v) is 4.35. The lowest BCUT2D eigenvalue weighted by Crippen LogP contribution is -2.27. The summed E-state index contributed by atoms with van der Waals surface area (Å²) in [6.45, 7) is 0. The molecule has 0 saturated carbocycles. The van der Waals surface area contributed by atoms with Gasteiger partial charge in [0.1, 0.15) is 0 Å². The van der Waals surface area contributed by atoms with Crippen molar-refractivity contribution in [3.05, 3.63) is 70.6 Å². The number of anilines is 1. The predicted octanol–water partition coefficient (Wildman–Crippen LogP) is 4.37. The lowest BCUT2D eigenvalue weighted by molar-refractivity contribution is -0.113. The molecule has 0 bridgehead atoms. The SMILES string of the molecule is O=C1/C(=C/c2ccc(F)c(F)c2)SC(=S)N1c1ccccc1. The zero-order valence-corrected chi connectivity index (χ0v) is 12.8. The molecule has 1 aliphatic rings. The Morgan fingerprint density at radius 1 is 1.05 bits per heavy atom. The van der Waals surface area contributed by atoms with Gasteiger partial charge in [0, 0.05) is 0 Å². The number of hydrogen-bond donors (Lipinski definition) is 0. The van der Waals surface area contributed by atoms with Crippen LogP contribution in [-0.2, 0) is 4.79 Å². The lowest BCUT2D eigenvalue weighted by atomic mass is 10.2. The minimum absolute atomic E-state index is 0.272. The fraction of sp³-hybridized carbons (Fsp3) is 0. The summed E-state index contributed by atoms with van der Waals surface area (Å²) in [6, 6.07) is 12.5. The highest BCUT2D eigenvalue weighted by atomic mass is 32.2. The third kappa shape index (κ3) is 2.80. The van der Waals surface area contributed by atoms with E-state index in [1.807, 2.05) is 18.2 Å². The number of rotatable bonds is 2. The van der Waals surface area contributed by atoms with Crippen LogP contribution in [0.25, 0.3) is 6.08 Å². The Morgan fingerprint density at radius 2 is 1.77 bits per heavy atom. The van der Waals surface area contributed by atoms with Gasteiger partial charge in [-0.25, -0.2) is 8.78 Å². The second-order valence-electron chi connectivity index (χ2n) is 4.53. The molecular formula is C16H9F2NOS2. The first-order valence-electron chi connectivity index (χ1n) is 6.34. The predicted molar refractivity (Wildman–Crippen MR) is 88.5 cm³/mol. The standard InChI is InChI=1S/C16H9F2NOS2/c17-12-7-6-10(8-13(12)18)9-14-15(20)19(16(21)22-14)11-4-2-1-3-5-11/h1-9H/b14-9-. The van der Waals surface area contributed by atoms with E-state index >= 15 is 0 Å². The van der Waals surface area contributed by atoms with Crippen molar-refractivity contribution in [1.29, 1.82) is 0 Å². The van der Waals surface area contributed by atoms with E-state index in [4.69, 9.17) is 12.2 Å². The first-order chi connectivity index (χ1) is 10.6. The number of carbonyl (C=O) groups is 1. The second-order valence-corrected chi connectivity index (χ2v) is 6.20. The highest BCUT2D eigenvalue weighted by Gasteiger charge is 2.33. The normalized spacial score (nSPS) is 16.6. The van der Waals surface area contributed by atoms with Gasteiger partial charge in [-0.05, 0) is 35.9 Å². The van der Waals surface area contributed by atoms with Crippen LogP contribution in [0.4, 0.5) is 14.5 Å². The molecule has 0 aliphatic carbocycles. The van der Waals surface area contributed by atoms with Crippen LogP contribution in [-0.4, -0.2) is 10.2 Å². The average molecular weight is 333 g/mol. The summed E-state index contributed by atoms with van der Waals surface area (Å²) < 4.78 is 26.6. The van der Waals surface area contributed by atoms with Gasteiger partial charge in [-0.2, -0.15) is 0 Å². The van der Waals surface area contributed by atoms with Crippen molar-refractivity contribution in [2.45, 2.75) is 0 Å². The number of hydrogen-bond acceptors (Lipinski definition) is 3. The van der Waals surface area contributed by atoms with Crippen LogP contribution in [0.1, 0.15) is 5.56 Å². The topological polar surface area (TPSA) is 20.3 Å². The Kier molecular flexibility index (Phi) is 4.04. The molecule has 110 valence electrons. The zero-order chi connectivity index (χ0) is 15.7. The number of para-hydroxylation sites is 1. The van der Waals surface area contributed by atoms with Crippen molar-refractivity contribution in [3.63, 3.8) is 0 Å². The number of thioether (sulfide) groups is 1. The Morgan fingerprint density at radius 3 is 2.45 bits per heavy atom. The molecule has 0 N–H and O–H groups in total. The van der Waals surface area contributed by atoms with E-state index in [9.17, 15) is 13.6 Å². The lowest BCUT2D eigenvalue weighted by Gasteiger charge is -2.13. The number of nitrogens with zero attached hydrogens (tertiary/aromatic N) is 1. The number of thiocarbonyl (C=S) groups is 1. The summed E-state index contributed by atoms with van der Waals surface area (Å²) in [6.07, 6.45) is 1.50. The Hall–Kier alpha value is -2.05. The van der Waals surface area contributed by atoms with Crippen molar-refractivity contribution < 1.29 is 13.6 Å². The van der Waals surface area contributed by atoms with Crippen LogP contribution in [0.2, 0.25) is 0 Å². The summed E-state index contributed by atoms with van der Waals surface area (Å²) in [5.41, 5.74) is 1.09. The van der Waals surface area contributed by atoms with Gasteiger partial charge in [-0.1, -0.05) is 48.2 Å². The van der Waals surface area contributed by atoms with Crippen molar-refractivity contribution in [1.82, 2.24) is 0 Å². The number of benzene rings is 2. The van der Waals surface area contributed by atoms with E-state index in [1.165, 1.54) is 17.0 Å². The summed E-state index contributed by atoms with van der Waals surface area (Å²) in [7, 11) is 0. The maximum Gasteiger partial charge on any atom is 0.270 e. The van der Waals surface area contributed by atoms with Crippen molar-refractivity contribution >= 4 is 46.0 Å². The van der Waals surface area contributed by atoms with Crippen molar-refractivity contribution in [3.8, 4) is 0 Å². The quantitative estimate of drug-likeness (QED) is 0.601. The molecule has 22 heavy (non-hydrogen) atoms. The molecule has 2 nitrogen and oxygen atoms in total. The van der Waals surface area contributed by atoms with E-state index in [0.29, 0.717) is 20.5 Å². The highest BCUT2D eigenvalue weighted by molar-refractivity contribution is 8.27. The van der Waals surface area contributed by atoms with Crippen molar-refractivity contribution in [2.24, 2.45) is 0 Å². The molecule has 1 aliphatic heterocycles. The molecule has 1 saturated heterocycles. The van der Waals surface area contributed by atoms with Gasteiger partial charge < -0.3 is 0 Å². The summed E-state index contributed by atoms with van der Waals surface area (Å²) in [4.78, 5) is 14.3. The fourth-order valence-electron chi connectivity index (χ4n) is 2.02. The van der Waals surface area contributed by atoms with Crippen LogP contribution >= 0.6 is 24.0 Å². The Balaban J connectivity index is 1.93. The largest absolute Gasteiger partial charge is 0.270 e. The van der Waals surface area contributed by atoms with Gasteiger partial charge in [-0.15, -0.1) is 0 Å².